The van der Waals surface area contributed by atoms with Crippen LogP contribution in [0.1, 0.15) is 28.6 Å². The molecule has 0 radical (unpaired) electrons. The van der Waals surface area contributed by atoms with E-state index in [1.54, 1.807) is 25.8 Å². The third kappa shape index (κ3) is 3.55. The molecule has 1 aromatic heterocycles. The van der Waals surface area contributed by atoms with Crippen molar-refractivity contribution in [3.8, 4) is 11.5 Å². The minimum atomic E-state index is -0.579. The van der Waals surface area contributed by atoms with Crippen molar-refractivity contribution in [1.29, 1.82) is 0 Å². The van der Waals surface area contributed by atoms with Gasteiger partial charge in [0.05, 0.1) is 18.5 Å². The lowest BCUT2D eigenvalue weighted by atomic mass is 10.0. The molecule has 0 fully saturated rings. The number of fused-ring (bicyclic) bond motifs is 1. The molecule has 5 nitrogen and oxygen atoms in total. The molecule has 3 aromatic rings. The number of hydrogen-bond donors (Lipinski definition) is 1. The summed E-state index contributed by atoms with van der Waals surface area (Å²) in [6.07, 6.45) is 0.466. The standard InChI is InChI=1S/C22H19NO4S/c1-13-10-18(24)21(22(25)27-13)17-12-20(14-6-5-7-15(11-14)26-2)28-19-9-4-3-8-16(19)23-17/h3-11,20,24H,12H2,1-2H3/t20-/m1/s1. The molecule has 0 amide bonds. The lowest BCUT2D eigenvalue weighted by molar-refractivity contribution is 0.414. The van der Waals surface area contributed by atoms with Crippen LogP contribution in [0.25, 0.3) is 0 Å². The van der Waals surface area contributed by atoms with Crippen LogP contribution >= 0.6 is 11.8 Å². The quantitative estimate of drug-likeness (QED) is 0.676. The molecule has 1 aliphatic heterocycles. The molecule has 2 heterocycles. The molecule has 142 valence electrons. The molecule has 0 saturated carbocycles. The fraction of sp³-hybridized carbons (Fsp3) is 0.182. The first-order valence-corrected chi connectivity index (χ1v) is 9.74. The van der Waals surface area contributed by atoms with Crippen molar-refractivity contribution >= 4 is 23.2 Å². The minimum absolute atomic E-state index is 0.00222. The van der Waals surface area contributed by atoms with Crippen molar-refractivity contribution in [2.45, 2.75) is 23.5 Å². The van der Waals surface area contributed by atoms with Gasteiger partial charge in [0.1, 0.15) is 22.8 Å². The number of nitrogens with zero attached hydrogens (tertiary/aromatic N) is 1. The molecule has 6 heteroatoms. The van der Waals surface area contributed by atoms with Gasteiger partial charge in [-0.25, -0.2) is 4.79 Å². The third-order valence-electron chi connectivity index (χ3n) is 4.58. The highest BCUT2D eigenvalue weighted by Gasteiger charge is 2.26. The number of rotatable bonds is 3. The number of hydrogen-bond acceptors (Lipinski definition) is 6. The number of thioether (sulfide) groups is 1. The topological polar surface area (TPSA) is 72.0 Å². The highest BCUT2D eigenvalue weighted by molar-refractivity contribution is 7.99. The Labute approximate surface area is 166 Å². The van der Waals surface area contributed by atoms with Gasteiger partial charge in [-0.3, -0.25) is 4.99 Å². The van der Waals surface area contributed by atoms with Crippen LogP contribution in [0.5, 0.6) is 11.5 Å². The van der Waals surface area contributed by atoms with E-state index in [1.807, 2.05) is 48.5 Å². The van der Waals surface area contributed by atoms with Gasteiger partial charge < -0.3 is 14.3 Å². The van der Waals surface area contributed by atoms with Crippen LogP contribution in [-0.4, -0.2) is 17.9 Å². The Bertz CT molecular complexity index is 1120. The average Bonchev–Trinajstić information content (AvgIpc) is 2.87. The lowest BCUT2D eigenvalue weighted by Gasteiger charge is -2.17. The van der Waals surface area contributed by atoms with Crippen LogP contribution in [0.2, 0.25) is 0 Å². The summed E-state index contributed by atoms with van der Waals surface area (Å²) < 4.78 is 10.6. The van der Waals surface area contributed by atoms with Crippen molar-refractivity contribution in [1.82, 2.24) is 0 Å². The van der Waals surface area contributed by atoms with Gasteiger partial charge >= 0.3 is 5.63 Å². The normalized spacial score (nSPS) is 16.1. The van der Waals surface area contributed by atoms with E-state index in [4.69, 9.17) is 14.1 Å². The van der Waals surface area contributed by atoms with Crippen molar-refractivity contribution < 1.29 is 14.3 Å². The van der Waals surface area contributed by atoms with E-state index in [9.17, 15) is 9.90 Å². The first-order valence-electron chi connectivity index (χ1n) is 8.86. The summed E-state index contributed by atoms with van der Waals surface area (Å²) in [5, 5.41) is 10.4. The second-order valence-corrected chi connectivity index (χ2v) is 7.76. The zero-order chi connectivity index (χ0) is 19.7. The highest BCUT2D eigenvalue weighted by atomic mass is 32.2. The minimum Gasteiger partial charge on any atom is -0.507 e. The van der Waals surface area contributed by atoms with Crippen LogP contribution in [0.15, 0.2) is 73.7 Å². The van der Waals surface area contributed by atoms with Gasteiger partial charge in [0.25, 0.3) is 0 Å². The summed E-state index contributed by atoms with van der Waals surface area (Å²) in [4.78, 5) is 18.2. The van der Waals surface area contributed by atoms with Crippen molar-refractivity contribution in [2.24, 2.45) is 4.99 Å². The van der Waals surface area contributed by atoms with Crippen molar-refractivity contribution in [3.05, 3.63) is 81.9 Å². The Balaban J connectivity index is 1.86. The molecule has 0 aliphatic carbocycles. The second kappa shape index (κ2) is 7.56. The van der Waals surface area contributed by atoms with Gasteiger partial charge in [0.15, 0.2) is 0 Å². The zero-order valence-electron chi connectivity index (χ0n) is 15.5. The van der Waals surface area contributed by atoms with Gasteiger partial charge in [0, 0.05) is 22.6 Å². The summed E-state index contributed by atoms with van der Waals surface area (Å²) >= 11 is 1.68. The number of ether oxygens (including phenoxy) is 1. The molecule has 0 saturated heterocycles. The Morgan fingerprint density at radius 2 is 2.00 bits per heavy atom. The van der Waals surface area contributed by atoms with Crippen molar-refractivity contribution in [2.75, 3.05) is 7.11 Å². The molecule has 1 N–H and O–H groups in total. The first-order chi connectivity index (χ1) is 13.5. The van der Waals surface area contributed by atoms with E-state index in [0.29, 0.717) is 17.9 Å². The van der Waals surface area contributed by atoms with E-state index in [-0.39, 0.29) is 16.6 Å². The summed E-state index contributed by atoms with van der Waals surface area (Å²) in [5.74, 6) is 1.02. The molecule has 0 bridgehead atoms. The Morgan fingerprint density at radius 3 is 2.79 bits per heavy atom. The maximum atomic E-state index is 12.5. The van der Waals surface area contributed by atoms with Gasteiger partial charge in [-0.15, -0.1) is 11.8 Å². The Hall–Kier alpha value is -2.99. The Kier molecular flexibility index (Phi) is 4.96. The third-order valence-corrected chi connectivity index (χ3v) is 5.90. The zero-order valence-corrected chi connectivity index (χ0v) is 16.3. The van der Waals surface area contributed by atoms with Crippen LogP contribution in [0, 0.1) is 6.92 Å². The number of benzene rings is 2. The van der Waals surface area contributed by atoms with Crippen molar-refractivity contribution in [3.63, 3.8) is 0 Å². The van der Waals surface area contributed by atoms with E-state index in [1.165, 1.54) is 6.07 Å². The predicted octanol–water partition coefficient (Wildman–Crippen LogP) is 5.02. The van der Waals surface area contributed by atoms with Crippen LogP contribution in [0.3, 0.4) is 0 Å². The second-order valence-electron chi connectivity index (χ2n) is 6.52. The van der Waals surface area contributed by atoms with Crippen LogP contribution < -0.4 is 10.4 Å². The van der Waals surface area contributed by atoms with E-state index in [2.05, 4.69) is 0 Å². The maximum absolute atomic E-state index is 12.5. The molecule has 1 atom stereocenters. The van der Waals surface area contributed by atoms with Crippen LogP contribution in [0.4, 0.5) is 5.69 Å². The number of aromatic hydroxyl groups is 1. The lowest BCUT2D eigenvalue weighted by Crippen LogP contribution is -2.17. The number of aliphatic imine (C=N–C) groups is 1. The molecular weight excluding hydrogens is 374 g/mol. The molecule has 0 spiro atoms. The summed E-state index contributed by atoms with van der Waals surface area (Å²) in [6, 6.07) is 17.1. The number of para-hydroxylation sites is 1. The summed E-state index contributed by atoms with van der Waals surface area (Å²) in [5.41, 5.74) is 1.88. The van der Waals surface area contributed by atoms with E-state index in [0.717, 1.165) is 21.9 Å². The smallest absolute Gasteiger partial charge is 0.348 e. The van der Waals surface area contributed by atoms with Gasteiger partial charge in [-0.1, -0.05) is 24.3 Å². The molecule has 0 unspecified atom stereocenters. The SMILES string of the molecule is COc1cccc([C@H]2CC(c3c(O)cc(C)oc3=O)=Nc3ccccc3S2)c1. The maximum Gasteiger partial charge on any atom is 0.348 e. The molecular formula is C22H19NO4S. The van der Waals surface area contributed by atoms with Gasteiger partial charge in [-0.05, 0) is 36.8 Å². The Morgan fingerprint density at radius 1 is 1.18 bits per heavy atom. The molecule has 2 aromatic carbocycles. The van der Waals surface area contributed by atoms with E-state index < -0.39 is 5.63 Å². The fourth-order valence-electron chi connectivity index (χ4n) is 3.26. The van der Waals surface area contributed by atoms with Gasteiger partial charge in [0.2, 0.25) is 0 Å². The fourth-order valence-corrected chi connectivity index (χ4v) is 4.48. The number of aryl methyl sites for hydroxylation is 1. The van der Waals surface area contributed by atoms with Crippen LogP contribution in [-0.2, 0) is 0 Å². The number of methoxy groups -OCH3 is 1. The monoisotopic (exact) mass is 393 g/mol. The van der Waals surface area contributed by atoms with E-state index >= 15 is 0 Å². The highest BCUT2D eigenvalue weighted by Crippen LogP contribution is 2.46. The molecule has 1 aliphatic rings. The molecule has 28 heavy (non-hydrogen) atoms. The van der Waals surface area contributed by atoms with Gasteiger partial charge in [-0.2, -0.15) is 0 Å². The summed E-state index contributed by atoms with van der Waals surface area (Å²) in [7, 11) is 1.64. The predicted molar refractivity (Wildman–Crippen MR) is 110 cm³/mol. The molecule has 4 rings (SSSR count). The average molecular weight is 393 g/mol. The summed E-state index contributed by atoms with van der Waals surface area (Å²) in [6.45, 7) is 1.63. The first kappa shape index (κ1) is 18.4. The largest absolute Gasteiger partial charge is 0.507 e.